The summed E-state index contributed by atoms with van der Waals surface area (Å²) in [5.74, 6) is 0. The summed E-state index contributed by atoms with van der Waals surface area (Å²) in [6, 6.07) is 75.2. The predicted molar refractivity (Wildman–Crippen MR) is 237 cm³/mol. The van der Waals surface area contributed by atoms with Crippen molar-refractivity contribution < 1.29 is 0 Å². The third-order valence-corrected chi connectivity index (χ3v) is 12.1. The number of hydrogen-bond acceptors (Lipinski definition) is 2. The molecule has 0 bridgehead atoms. The van der Waals surface area contributed by atoms with E-state index in [1.807, 2.05) is 11.3 Å². The molecule has 0 spiro atoms. The lowest BCUT2D eigenvalue weighted by atomic mass is 10.0. The predicted octanol–water partition coefficient (Wildman–Crippen LogP) is 15.1. The summed E-state index contributed by atoms with van der Waals surface area (Å²) < 4.78 is 5.10. The van der Waals surface area contributed by atoms with Gasteiger partial charge in [0.05, 0.1) is 11.0 Å². The summed E-state index contributed by atoms with van der Waals surface area (Å²) in [5, 5.41) is 7.56. The van der Waals surface area contributed by atoms with E-state index in [-0.39, 0.29) is 0 Å². The Bertz CT molecular complexity index is 3090. The maximum atomic E-state index is 2.48. The van der Waals surface area contributed by atoms with E-state index in [4.69, 9.17) is 0 Å². The maximum Gasteiger partial charge on any atom is 0.0620 e. The van der Waals surface area contributed by atoms with E-state index in [0.717, 1.165) is 17.1 Å². The van der Waals surface area contributed by atoms with Gasteiger partial charge in [0.15, 0.2) is 0 Å². The molecule has 0 saturated carbocycles. The molecule has 0 amide bonds. The van der Waals surface area contributed by atoms with Crippen LogP contribution in [0.15, 0.2) is 206 Å². The molecule has 0 fully saturated rings. The number of aromatic nitrogens is 1. The fraction of sp³-hybridized carbons (Fsp3) is 0. The molecule has 55 heavy (non-hydrogen) atoms. The van der Waals surface area contributed by atoms with Crippen molar-refractivity contribution in [2.45, 2.75) is 0 Å². The first-order valence-corrected chi connectivity index (χ1v) is 19.6. The van der Waals surface area contributed by atoms with Crippen LogP contribution < -0.4 is 4.90 Å². The van der Waals surface area contributed by atoms with Gasteiger partial charge in [-0.3, -0.25) is 0 Å². The second-order valence-corrected chi connectivity index (χ2v) is 15.2. The van der Waals surface area contributed by atoms with Gasteiger partial charge in [-0.25, -0.2) is 0 Å². The van der Waals surface area contributed by atoms with Crippen LogP contribution in [0.4, 0.5) is 17.1 Å². The molecule has 0 radical (unpaired) electrons. The third-order valence-electron chi connectivity index (χ3n) is 11.0. The van der Waals surface area contributed by atoms with Gasteiger partial charge in [-0.1, -0.05) is 146 Å². The molecule has 9 aromatic carbocycles. The van der Waals surface area contributed by atoms with Crippen LogP contribution >= 0.6 is 11.3 Å². The molecular formula is C52H34N2S. The van der Waals surface area contributed by atoms with Crippen molar-refractivity contribution in [3.05, 3.63) is 206 Å². The van der Waals surface area contributed by atoms with Crippen LogP contribution in [0, 0.1) is 0 Å². The molecule has 11 rings (SSSR count). The van der Waals surface area contributed by atoms with Crippen LogP contribution in [-0.2, 0) is 0 Å². The molecule has 2 heterocycles. The lowest BCUT2D eigenvalue weighted by Crippen LogP contribution is -2.10. The van der Waals surface area contributed by atoms with Crippen molar-refractivity contribution in [3.8, 4) is 27.9 Å². The minimum absolute atomic E-state index is 1.11. The summed E-state index contributed by atoms with van der Waals surface area (Å²) >= 11 is 1.87. The molecule has 0 aliphatic heterocycles. The molecule has 2 aromatic heterocycles. The molecule has 3 heteroatoms. The van der Waals surface area contributed by atoms with Crippen LogP contribution in [0.3, 0.4) is 0 Å². The quantitative estimate of drug-likeness (QED) is 0.166. The number of para-hydroxylation sites is 1. The SMILES string of the molecule is c1ccc(-c2ccc(N(c3ccc(-c4ccccc4)cc3)c3ccc4ccc5c6ccccc6n(-c6ccc7c(c6)sc6ccccc67)c5c4c3)cc2)cc1. The lowest BCUT2D eigenvalue weighted by molar-refractivity contribution is 1.19. The fourth-order valence-corrected chi connectivity index (χ4v) is 9.48. The van der Waals surface area contributed by atoms with Crippen molar-refractivity contribution in [3.63, 3.8) is 0 Å². The summed E-state index contributed by atoms with van der Waals surface area (Å²) in [6.07, 6.45) is 0. The van der Waals surface area contributed by atoms with Crippen molar-refractivity contribution >= 4 is 81.1 Å². The number of rotatable bonds is 6. The first-order valence-electron chi connectivity index (χ1n) is 18.8. The monoisotopic (exact) mass is 718 g/mol. The van der Waals surface area contributed by atoms with Crippen molar-refractivity contribution in [1.29, 1.82) is 0 Å². The van der Waals surface area contributed by atoms with Crippen LogP contribution in [-0.4, -0.2) is 4.57 Å². The average molecular weight is 719 g/mol. The summed E-state index contributed by atoms with van der Waals surface area (Å²) in [6.45, 7) is 0. The number of fused-ring (bicyclic) bond motifs is 8. The Morgan fingerprint density at radius 3 is 1.56 bits per heavy atom. The Hall–Kier alpha value is -6.94. The van der Waals surface area contributed by atoms with Gasteiger partial charge < -0.3 is 9.47 Å². The number of benzene rings is 9. The van der Waals surface area contributed by atoms with Crippen LogP contribution in [0.2, 0.25) is 0 Å². The van der Waals surface area contributed by atoms with E-state index in [2.05, 4.69) is 216 Å². The molecule has 0 aliphatic carbocycles. The highest BCUT2D eigenvalue weighted by Crippen LogP contribution is 2.43. The van der Waals surface area contributed by atoms with Gasteiger partial charge in [-0.15, -0.1) is 11.3 Å². The van der Waals surface area contributed by atoms with E-state index >= 15 is 0 Å². The highest BCUT2D eigenvalue weighted by atomic mass is 32.1. The van der Waals surface area contributed by atoms with Gasteiger partial charge in [0.2, 0.25) is 0 Å². The molecule has 0 N–H and O–H groups in total. The second kappa shape index (κ2) is 12.9. The van der Waals surface area contributed by atoms with E-state index in [9.17, 15) is 0 Å². The molecular weight excluding hydrogens is 685 g/mol. The molecule has 11 aromatic rings. The highest BCUT2D eigenvalue weighted by molar-refractivity contribution is 7.25. The van der Waals surface area contributed by atoms with E-state index < -0.39 is 0 Å². The van der Waals surface area contributed by atoms with E-state index in [1.165, 1.54) is 80.7 Å². The van der Waals surface area contributed by atoms with Crippen LogP contribution in [0.1, 0.15) is 0 Å². The van der Waals surface area contributed by atoms with Gasteiger partial charge in [-0.2, -0.15) is 0 Å². The van der Waals surface area contributed by atoms with Crippen LogP contribution in [0.5, 0.6) is 0 Å². The Morgan fingerprint density at radius 1 is 0.345 bits per heavy atom. The zero-order valence-corrected chi connectivity index (χ0v) is 30.7. The molecule has 2 nitrogen and oxygen atoms in total. The Morgan fingerprint density at radius 2 is 0.873 bits per heavy atom. The van der Waals surface area contributed by atoms with Gasteiger partial charge in [0.1, 0.15) is 0 Å². The normalized spacial score (nSPS) is 11.6. The van der Waals surface area contributed by atoms with E-state index in [1.54, 1.807) is 0 Å². The minimum Gasteiger partial charge on any atom is -0.310 e. The van der Waals surface area contributed by atoms with E-state index in [0.29, 0.717) is 0 Å². The number of anilines is 3. The zero-order chi connectivity index (χ0) is 36.3. The molecule has 0 atom stereocenters. The largest absolute Gasteiger partial charge is 0.310 e. The van der Waals surface area contributed by atoms with Gasteiger partial charge in [0.25, 0.3) is 0 Å². The zero-order valence-electron chi connectivity index (χ0n) is 29.9. The highest BCUT2D eigenvalue weighted by Gasteiger charge is 2.19. The van der Waals surface area contributed by atoms with Crippen molar-refractivity contribution in [1.82, 2.24) is 4.57 Å². The van der Waals surface area contributed by atoms with Gasteiger partial charge >= 0.3 is 0 Å². The molecule has 0 unspecified atom stereocenters. The smallest absolute Gasteiger partial charge is 0.0620 e. The summed E-state index contributed by atoms with van der Waals surface area (Å²) in [4.78, 5) is 2.39. The van der Waals surface area contributed by atoms with Crippen molar-refractivity contribution in [2.24, 2.45) is 0 Å². The standard InChI is InChI=1S/C52H34N2S/c1-3-11-35(12-4-1)37-19-25-40(26-20-37)53(41-27-21-38(22-28-41)36-13-5-2-6-14-36)42-29-23-39-24-31-47-44-15-7-9-17-49(44)54(52(47)48(39)33-42)43-30-32-46-45-16-8-10-18-50(45)55-51(46)34-43/h1-34H. The fourth-order valence-electron chi connectivity index (χ4n) is 8.34. The minimum atomic E-state index is 1.11. The number of nitrogens with zero attached hydrogens (tertiary/aromatic N) is 2. The van der Waals surface area contributed by atoms with Gasteiger partial charge in [0, 0.05) is 59.1 Å². The second-order valence-electron chi connectivity index (χ2n) is 14.2. The first-order chi connectivity index (χ1) is 27.3. The molecule has 0 saturated heterocycles. The summed E-state index contributed by atoms with van der Waals surface area (Å²) in [7, 11) is 0. The third kappa shape index (κ3) is 5.32. The van der Waals surface area contributed by atoms with Crippen LogP contribution in [0.25, 0.3) is 80.7 Å². The first kappa shape index (κ1) is 31.6. The Balaban J connectivity index is 1.12. The Labute approximate surface area is 323 Å². The Kier molecular flexibility index (Phi) is 7.39. The maximum absolute atomic E-state index is 2.48. The number of thiophene rings is 1. The topological polar surface area (TPSA) is 8.17 Å². The summed E-state index contributed by atoms with van der Waals surface area (Å²) in [5.41, 5.74) is 11.7. The lowest BCUT2D eigenvalue weighted by Gasteiger charge is -2.26. The average Bonchev–Trinajstić information content (AvgIpc) is 3.80. The number of hydrogen-bond donors (Lipinski definition) is 0. The molecule has 258 valence electrons. The molecule has 0 aliphatic rings. The van der Waals surface area contributed by atoms with Gasteiger partial charge in [-0.05, 0) is 88.3 Å². The van der Waals surface area contributed by atoms with Crippen molar-refractivity contribution in [2.75, 3.05) is 4.90 Å².